The fourth-order valence-electron chi connectivity index (χ4n) is 5.29. The molecule has 6 rings (SSSR count). The molecule has 0 unspecified atom stereocenters. The standard InChI is InChI=1S/C22H21.C13H10.2ClH.Zr/c1-3-15-13-20-19-12-8-7-11-17(19)14-21(20)22(18(15)4-2)16-9-5-6-10-16;1-3-7-12(8-4-1)11-13-9-5-2-6-10-13;;;/h5-9,11-14H,3-4,10H2,1-2H3;1-10H;2*1H;/q-1;;;;+2/p-2. The average molecular weight is 614 g/mol. The Hall–Kier alpha value is -2.44. The van der Waals surface area contributed by atoms with Gasteiger partial charge in [0.2, 0.25) is 0 Å². The Labute approximate surface area is 254 Å². The van der Waals surface area contributed by atoms with Gasteiger partial charge in [0.05, 0.1) is 0 Å². The molecule has 0 amide bonds. The number of rotatable bonds is 5. The first-order valence-electron chi connectivity index (χ1n) is 12.9. The fraction of sp³-hybridized carbons (Fsp3) is 0.143. The van der Waals surface area contributed by atoms with E-state index in [1.165, 1.54) is 76.8 Å². The maximum absolute atomic E-state index is 2.43. The topological polar surface area (TPSA) is 0 Å². The van der Waals surface area contributed by atoms with Crippen LogP contribution in [0.1, 0.15) is 48.1 Å². The Kier molecular flexibility index (Phi) is 11.2. The van der Waals surface area contributed by atoms with Gasteiger partial charge in [0.15, 0.2) is 0 Å². The molecule has 0 N–H and O–H groups in total. The van der Waals surface area contributed by atoms with Gasteiger partial charge in [-0.3, -0.25) is 0 Å². The summed E-state index contributed by atoms with van der Waals surface area (Å²) in [7, 11) is 0. The van der Waals surface area contributed by atoms with Crippen LogP contribution in [0.3, 0.4) is 0 Å². The molecule has 0 radical (unpaired) electrons. The van der Waals surface area contributed by atoms with Crippen LogP contribution in [0.2, 0.25) is 0 Å². The Balaban J connectivity index is 0.000000219. The van der Waals surface area contributed by atoms with Gasteiger partial charge in [0.1, 0.15) is 0 Å². The Morgan fingerprint density at radius 1 is 0.763 bits per heavy atom. The summed E-state index contributed by atoms with van der Waals surface area (Å²) in [5.74, 6) is 0. The van der Waals surface area contributed by atoms with E-state index in [1.807, 2.05) is 0 Å². The van der Waals surface area contributed by atoms with E-state index >= 15 is 0 Å². The van der Waals surface area contributed by atoms with Gasteiger partial charge in [-0.05, 0) is 19.3 Å². The van der Waals surface area contributed by atoms with E-state index in [9.17, 15) is 0 Å². The van der Waals surface area contributed by atoms with Gasteiger partial charge in [-0.25, -0.2) is 0 Å². The van der Waals surface area contributed by atoms with E-state index in [4.69, 9.17) is 0 Å². The van der Waals surface area contributed by atoms with Gasteiger partial charge >= 0.3 is 99.2 Å². The summed E-state index contributed by atoms with van der Waals surface area (Å²) in [6, 6.07) is 34.7. The van der Waals surface area contributed by atoms with Crippen molar-refractivity contribution in [2.75, 3.05) is 0 Å². The van der Waals surface area contributed by atoms with E-state index in [1.54, 1.807) is 5.56 Å². The minimum absolute atomic E-state index is 0. The second-order valence-corrected chi connectivity index (χ2v) is 10.4. The van der Waals surface area contributed by atoms with Crippen molar-refractivity contribution in [2.24, 2.45) is 0 Å². The molecule has 0 fully saturated rings. The molecule has 1 aliphatic rings. The molecule has 0 spiro atoms. The molecule has 190 valence electrons. The third-order valence-corrected chi connectivity index (χ3v) is 8.49. The third-order valence-electron chi connectivity index (χ3n) is 7.07. The zero-order chi connectivity index (χ0) is 24.9. The Bertz CT molecular complexity index is 1530. The van der Waals surface area contributed by atoms with E-state index in [0.717, 1.165) is 19.3 Å². The molecule has 0 nitrogen and oxygen atoms in total. The van der Waals surface area contributed by atoms with E-state index in [2.05, 4.69) is 129 Å². The molecule has 3 heteroatoms. The quantitative estimate of drug-likeness (QED) is 0.268. The van der Waals surface area contributed by atoms with E-state index in [0.29, 0.717) is 0 Å². The minimum atomic E-state index is 0. The second-order valence-electron chi connectivity index (χ2n) is 9.22. The van der Waals surface area contributed by atoms with E-state index in [-0.39, 0.29) is 24.8 Å². The SMILES string of the molecule is CCc1cc2c([cH-]c3ccccc32)c(C2=CC=CC2)c1CC.[Cl-].[Cl-].[Zr+2]=[C](c1ccccc1)c1ccccc1. The first-order valence-corrected chi connectivity index (χ1v) is 14.1. The molecule has 0 aromatic heterocycles. The summed E-state index contributed by atoms with van der Waals surface area (Å²) in [6.45, 7) is 4.56. The van der Waals surface area contributed by atoms with Crippen LogP contribution in [0.25, 0.3) is 27.1 Å². The van der Waals surface area contributed by atoms with Crippen molar-refractivity contribution in [1.29, 1.82) is 0 Å². The number of aryl methyl sites for hydroxylation is 1. The first kappa shape index (κ1) is 30.1. The zero-order valence-electron chi connectivity index (χ0n) is 21.8. The average Bonchev–Trinajstić information content (AvgIpc) is 3.61. The number of allylic oxidation sites excluding steroid dienone is 4. The van der Waals surface area contributed by atoms with Crippen LogP contribution in [-0.4, -0.2) is 3.21 Å². The molecular formula is C35H31Cl2Zr-. The van der Waals surface area contributed by atoms with Gasteiger partial charge in [-0.2, -0.15) is 0 Å². The number of benzene rings is 4. The van der Waals surface area contributed by atoms with Gasteiger partial charge < -0.3 is 24.8 Å². The summed E-state index contributed by atoms with van der Waals surface area (Å²) in [6.07, 6.45) is 10.0. The molecule has 38 heavy (non-hydrogen) atoms. The Morgan fingerprint density at radius 3 is 1.92 bits per heavy atom. The zero-order valence-corrected chi connectivity index (χ0v) is 25.8. The summed E-state index contributed by atoms with van der Waals surface area (Å²) >= 11 is 1.46. The van der Waals surface area contributed by atoms with Crippen molar-refractivity contribution in [2.45, 2.75) is 33.1 Å². The van der Waals surface area contributed by atoms with Gasteiger partial charge in [-0.15, -0.1) is 33.7 Å². The number of hydrogen-bond donors (Lipinski definition) is 0. The predicted octanol–water partition coefficient (Wildman–Crippen LogP) is 2.99. The van der Waals surface area contributed by atoms with Crippen LogP contribution in [0.5, 0.6) is 0 Å². The van der Waals surface area contributed by atoms with Crippen molar-refractivity contribution >= 4 is 30.3 Å². The van der Waals surface area contributed by atoms with Gasteiger partial charge in [0.25, 0.3) is 0 Å². The van der Waals surface area contributed by atoms with Crippen LogP contribution < -0.4 is 24.8 Å². The van der Waals surface area contributed by atoms with Crippen LogP contribution >= 0.6 is 0 Å². The normalized spacial score (nSPS) is 11.8. The number of fused-ring (bicyclic) bond motifs is 3. The van der Waals surface area contributed by atoms with Crippen LogP contribution in [-0.2, 0) is 37.1 Å². The number of hydrogen-bond acceptors (Lipinski definition) is 0. The van der Waals surface area contributed by atoms with Crippen molar-refractivity contribution in [3.63, 3.8) is 0 Å². The summed E-state index contributed by atoms with van der Waals surface area (Å²) in [4.78, 5) is 0. The predicted molar refractivity (Wildman–Crippen MR) is 154 cm³/mol. The van der Waals surface area contributed by atoms with E-state index < -0.39 is 0 Å². The summed E-state index contributed by atoms with van der Waals surface area (Å²) in [5.41, 5.74) is 8.69. The number of halogens is 2. The van der Waals surface area contributed by atoms with Gasteiger partial charge in [0, 0.05) is 0 Å². The molecule has 1 aliphatic carbocycles. The first-order chi connectivity index (χ1) is 17.7. The Morgan fingerprint density at radius 2 is 1.37 bits per heavy atom. The second kappa shape index (κ2) is 14.1. The van der Waals surface area contributed by atoms with Gasteiger partial charge in [-0.1, -0.05) is 78.6 Å². The molecule has 0 heterocycles. The monoisotopic (exact) mass is 611 g/mol. The maximum atomic E-state index is 2.43. The van der Waals surface area contributed by atoms with Crippen molar-refractivity contribution < 1.29 is 49.0 Å². The van der Waals surface area contributed by atoms with Crippen LogP contribution in [0, 0.1) is 0 Å². The molecule has 0 atom stereocenters. The van der Waals surface area contributed by atoms with Crippen molar-refractivity contribution in [3.8, 4) is 0 Å². The molecule has 0 saturated heterocycles. The summed E-state index contributed by atoms with van der Waals surface area (Å²) < 4.78 is 1.42. The van der Waals surface area contributed by atoms with Crippen molar-refractivity contribution in [3.05, 3.63) is 143 Å². The van der Waals surface area contributed by atoms with Crippen LogP contribution in [0.15, 0.2) is 115 Å². The molecule has 0 aliphatic heterocycles. The van der Waals surface area contributed by atoms with Crippen LogP contribution in [0.4, 0.5) is 0 Å². The fourth-order valence-corrected chi connectivity index (χ4v) is 6.11. The summed E-state index contributed by atoms with van der Waals surface area (Å²) in [5, 5.41) is 5.61. The molecule has 5 aromatic rings. The van der Waals surface area contributed by atoms with Crippen molar-refractivity contribution in [1.82, 2.24) is 0 Å². The third kappa shape index (κ3) is 6.23. The molecule has 5 aromatic carbocycles. The molecule has 0 saturated carbocycles. The molecule has 0 bridgehead atoms. The molecular weight excluding hydrogens is 583 g/mol.